The second-order valence-corrected chi connectivity index (χ2v) is 7.38. The summed E-state index contributed by atoms with van der Waals surface area (Å²) in [7, 11) is 0. The minimum Gasteiger partial charge on any atom is -0.301 e. The SMILES string of the molecule is O=c1[nH]c(SCc2c(CC(F)(F)F)ccnc2CC(F)(F)F)nc2c1CCC2. The fourth-order valence-corrected chi connectivity index (χ4v) is 4.08. The number of hydrogen-bond donors (Lipinski definition) is 1. The first-order chi connectivity index (χ1) is 13.0. The van der Waals surface area contributed by atoms with Gasteiger partial charge >= 0.3 is 12.4 Å². The molecule has 0 bridgehead atoms. The van der Waals surface area contributed by atoms with Gasteiger partial charge in [-0.3, -0.25) is 9.78 Å². The fraction of sp³-hybridized carbons (Fsp3) is 0.471. The zero-order valence-electron chi connectivity index (χ0n) is 14.4. The van der Waals surface area contributed by atoms with Crippen molar-refractivity contribution < 1.29 is 26.3 Å². The number of aryl methyl sites for hydroxylation is 1. The van der Waals surface area contributed by atoms with Gasteiger partial charge < -0.3 is 4.98 Å². The number of H-pyrrole nitrogens is 1. The van der Waals surface area contributed by atoms with E-state index in [-0.39, 0.29) is 27.6 Å². The maximum atomic E-state index is 12.8. The number of alkyl halides is 6. The van der Waals surface area contributed by atoms with Crippen LogP contribution in [0.3, 0.4) is 0 Å². The van der Waals surface area contributed by atoms with Crippen LogP contribution in [0.25, 0.3) is 0 Å². The molecule has 0 aliphatic heterocycles. The van der Waals surface area contributed by atoms with Gasteiger partial charge in [-0.1, -0.05) is 11.8 Å². The van der Waals surface area contributed by atoms with Crippen molar-refractivity contribution in [2.45, 2.75) is 55.4 Å². The summed E-state index contributed by atoms with van der Waals surface area (Å²) in [6.07, 6.45) is -9.00. The van der Waals surface area contributed by atoms with Crippen LogP contribution in [0.4, 0.5) is 26.3 Å². The van der Waals surface area contributed by atoms with Crippen LogP contribution in [0, 0.1) is 0 Å². The minimum atomic E-state index is -4.61. The summed E-state index contributed by atoms with van der Waals surface area (Å²) in [6.45, 7) is 0. The van der Waals surface area contributed by atoms with E-state index in [0.29, 0.717) is 24.1 Å². The van der Waals surface area contributed by atoms with E-state index in [0.717, 1.165) is 30.4 Å². The number of aromatic nitrogens is 3. The molecule has 0 saturated heterocycles. The summed E-state index contributed by atoms with van der Waals surface area (Å²) in [4.78, 5) is 22.5. The van der Waals surface area contributed by atoms with Gasteiger partial charge in [-0.2, -0.15) is 26.3 Å². The van der Waals surface area contributed by atoms with E-state index in [9.17, 15) is 31.1 Å². The number of rotatable bonds is 5. The van der Waals surface area contributed by atoms with Crippen LogP contribution in [0.1, 0.15) is 34.5 Å². The lowest BCUT2D eigenvalue weighted by Gasteiger charge is -2.16. The molecule has 2 heterocycles. The molecule has 0 radical (unpaired) electrons. The van der Waals surface area contributed by atoms with Gasteiger partial charge in [0.05, 0.1) is 24.2 Å². The largest absolute Gasteiger partial charge is 0.394 e. The summed E-state index contributed by atoms with van der Waals surface area (Å²) in [5, 5.41) is 0.172. The molecule has 1 aliphatic carbocycles. The molecule has 2 aromatic heterocycles. The molecule has 0 saturated carbocycles. The highest BCUT2D eigenvalue weighted by atomic mass is 32.2. The molecule has 0 spiro atoms. The second kappa shape index (κ2) is 7.76. The Morgan fingerprint density at radius 1 is 1.07 bits per heavy atom. The molecular weight excluding hydrogens is 408 g/mol. The van der Waals surface area contributed by atoms with E-state index < -0.39 is 30.9 Å². The van der Waals surface area contributed by atoms with Crippen molar-refractivity contribution in [3.05, 3.63) is 50.7 Å². The number of hydrogen-bond acceptors (Lipinski definition) is 4. The van der Waals surface area contributed by atoms with E-state index in [2.05, 4.69) is 15.0 Å². The molecule has 11 heteroatoms. The molecule has 1 N–H and O–H groups in total. The topological polar surface area (TPSA) is 58.6 Å². The third-order valence-electron chi connectivity index (χ3n) is 4.27. The lowest BCUT2D eigenvalue weighted by molar-refractivity contribution is -0.128. The van der Waals surface area contributed by atoms with E-state index in [4.69, 9.17) is 0 Å². The van der Waals surface area contributed by atoms with Crippen molar-refractivity contribution in [3.8, 4) is 0 Å². The Balaban J connectivity index is 1.90. The predicted molar refractivity (Wildman–Crippen MR) is 90.2 cm³/mol. The monoisotopic (exact) mass is 423 g/mol. The molecule has 0 fully saturated rings. The Hall–Kier alpha value is -2.04. The molecule has 0 amide bonds. The van der Waals surface area contributed by atoms with Gasteiger partial charge in [0.2, 0.25) is 0 Å². The number of halogens is 6. The summed E-state index contributed by atoms with van der Waals surface area (Å²) < 4.78 is 77.0. The zero-order valence-corrected chi connectivity index (χ0v) is 15.2. The summed E-state index contributed by atoms with van der Waals surface area (Å²) in [5.74, 6) is -0.216. The van der Waals surface area contributed by atoms with Crippen molar-refractivity contribution in [1.29, 1.82) is 0 Å². The number of pyridine rings is 1. The first kappa shape index (κ1) is 20.7. The van der Waals surface area contributed by atoms with Crippen LogP contribution in [0.2, 0.25) is 0 Å². The predicted octanol–water partition coefficient (Wildman–Crippen LogP) is 4.16. The van der Waals surface area contributed by atoms with Crippen molar-refractivity contribution >= 4 is 11.8 Å². The van der Waals surface area contributed by atoms with E-state index in [1.807, 2.05) is 0 Å². The summed E-state index contributed by atoms with van der Waals surface area (Å²) in [6, 6.07) is 1.07. The van der Waals surface area contributed by atoms with Crippen molar-refractivity contribution in [2.75, 3.05) is 0 Å². The smallest absolute Gasteiger partial charge is 0.301 e. The Morgan fingerprint density at radius 3 is 2.46 bits per heavy atom. The second-order valence-electron chi connectivity index (χ2n) is 6.42. The number of fused-ring (bicyclic) bond motifs is 1. The average molecular weight is 423 g/mol. The highest BCUT2D eigenvalue weighted by molar-refractivity contribution is 7.98. The van der Waals surface area contributed by atoms with E-state index in [1.54, 1.807) is 0 Å². The molecular formula is C17H15F6N3OS. The minimum absolute atomic E-state index is 0.134. The maximum absolute atomic E-state index is 12.8. The Labute approximate surface area is 159 Å². The summed E-state index contributed by atoms with van der Waals surface area (Å²) >= 11 is 0.893. The van der Waals surface area contributed by atoms with Crippen LogP contribution in [0.5, 0.6) is 0 Å². The van der Waals surface area contributed by atoms with Gasteiger partial charge in [-0.25, -0.2) is 4.98 Å². The van der Waals surface area contributed by atoms with Crippen molar-refractivity contribution in [2.24, 2.45) is 0 Å². The first-order valence-electron chi connectivity index (χ1n) is 8.36. The van der Waals surface area contributed by atoms with Gasteiger partial charge in [0, 0.05) is 17.5 Å². The Morgan fingerprint density at radius 2 is 1.79 bits per heavy atom. The molecule has 152 valence electrons. The highest BCUT2D eigenvalue weighted by Crippen LogP contribution is 2.31. The molecule has 1 aliphatic rings. The van der Waals surface area contributed by atoms with Gasteiger partial charge in [-0.15, -0.1) is 0 Å². The van der Waals surface area contributed by atoms with E-state index in [1.165, 1.54) is 0 Å². The fourth-order valence-electron chi connectivity index (χ4n) is 3.11. The van der Waals surface area contributed by atoms with Gasteiger partial charge in [-0.05, 0) is 36.5 Å². The molecule has 0 unspecified atom stereocenters. The molecule has 0 aromatic carbocycles. The number of nitrogens with zero attached hydrogens (tertiary/aromatic N) is 2. The molecule has 4 nitrogen and oxygen atoms in total. The molecule has 2 aromatic rings. The van der Waals surface area contributed by atoms with Crippen molar-refractivity contribution in [1.82, 2.24) is 15.0 Å². The lowest BCUT2D eigenvalue weighted by atomic mass is 10.0. The molecule has 0 atom stereocenters. The number of nitrogens with one attached hydrogen (secondary N) is 1. The van der Waals surface area contributed by atoms with Crippen molar-refractivity contribution in [3.63, 3.8) is 0 Å². The lowest BCUT2D eigenvalue weighted by Crippen LogP contribution is -2.18. The van der Waals surface area contributed by atoms with Gasteiger partial charge in [0.15, 0.2) is 5.16 Å². The van der Waals surface area contributed by atoms with Crippen LogP contribution in [0.15, 0.2) is 22.2 Å². The first-order valence-corrected chi connectivity index (χ1v) is 9.34. The number of thioether (sulfide) groups is 1. The zero-order chi connectivity index (χ0) is 20.5. The van der Waals surface area contributed by atoms with Gasteiger partial charge in [0.25, 0.3) is 5.56 Å². The third kappa shape index (κ3) is 5.27. The number of aromatic amines is 1. The highest BCUT2D eigenvalue weighted by Gasteiger charge is 2.33. The Bertz CT molecular complexity index is 888. The average Bonchev–Trinajstić information content (AvgIpc) is 3.00. The van der Waals surface area contributed by atoms with Crippen LogP contribution in [-0.4, -0.2) is 27.3 Å². The summed E-state index contributed by atoms with van der Waals surface area (Å²) in [5.41, 5.74) is 0.0419. The van der Waals surface area contributed by atoms with Gasteiger partial charge in [0.1, 0.15) is 0 Å². The quantitative estimate of drug-likeness (QED) is 0.446. The standard InChI is InChI=1S/C17H15F6N3OS/c18-16(19,20)6-9-4-5-24-13(7-17(21,22)23)11(9)8-28-15-25-12-3-1-2-10(12)14(27)26-15/h4-5H,1-3,6-8H2,(H,25,26,27). The molecule has 28 heavy (non-hydrogen) atoms. The van der Waals surface area contributed by atoms with Crippen LogP contribution >= 0.6 is 11.8 Å². The Kier molecular flexibility index (Phi) is 5.74. The van der Waals surface area contributed by atoms with Crippen LogP contribution in [-0.2, 0) is 31.4 Å². The normalized spacial score (nSPS) is 14.4. The maximum Gasteiger partial charge on any atom is 0.394 e. The third-order valence-corrected chi connectivity index (χ3v) is 5.17. The van der Waals surface area contributed by atoms with Crippen LogP contribution < -0.4 is 5.56 Å². The van der Waals surface area contributed by atoms with E-state index >= 15 is 0 Å². The molecule has 3 rings (SSSR count).